The summed E-state index contributed by atoms with van der Waals surface area (Å²) in [6.07, 6.45) is 18.1. The Morgan fingerprint density at radius 2 is 1.21 bits per heavy atom. The Balaban J connectivity index is 1.98. The Hall–Kier alpha value is -5.98. The standard InChI is InChI=1S/C53H70O13/c1-9-11-12-13-14-16-39-18-20-41(21-19-39)42-22-24-45(40(10-2)31-42)43-23-25-46(44(32-43)17-15-30-62-51(58)37(3)4)63-33-53(36-66-52(59)38(5)6,34-64-49(56)28-26-47(54)60-7)35-65-50(57)29-27-48(55)61-8/h22-29,31-32,39,41H,3,5,9-21,30,33-36H2,1-2,4,6-8H3/b28-26+,29-27+. The summed E-state index contributed by atoms with van der Waals surface area (Å²) in [6, 6.07) is 12.6. The predicted molar refractivity (Wildman–Crippen MR) is 251 cm³/mol. The highest BCUT2D eigenvalue weighted by atomic mass is 16.6. The molecule has 0 spiro atoms. The molecule has 13 heteroatoms. The zero-order chi connectivity index (χ0) is 48.5. The van der Waals surface area contributed by atoms with Gasteiger partial charge in [-0.05, 0) is 111 Å². The van der Waals surface area contributed by atoms with E-state index in [1.807, 2.05) is 18.2 Å². The van der Waals surface area contributed by atoms with Gasteiger partial charge in [0.25, 0.3) is 0 Å². The fourth-order valence-electron chi connectivity index (χ4n) is 7.67. The molecular formula is C53H70O13. The molecule has 2 aromatic carbocycles. The van der Waals surface area contributed by atoms with E-state index in [0.717, 1.165) is 67.6 Å². The zero-order valence-corrected chi connectivity index (χ0v) is 39.9. The fourth-order valence-corrected chi connectivity index (χ4v) is 7.67. The second-order valence-corrected chi connectivity index (χ2v) is 17.1. The van der Waals surface area contributed by atoms with Gasteiger partial charge in [-0.25, -0.2) is 28.8 Å². The second-order valence-electron chi connectivity index (χ2n) is 17.1. The van der Waals surface area contributed by atoms with Crippen LogP contribution >= 0.6 is 0 Å². The Morgan fingerprint density at radius 1 is 0.636 bits per heavy atom. The lowest BCUT2D eigenvalue weighted by atomic mass is 9.76. The molecule has 0 aromatic heterocycles. The highest BCUT2D eigenvalue weighted by Crippen LogP contribution is 2.40. The molecule has 2 aromatic rings. The van der Waals surface area contributed by atoms with Crippen LogP contribution in [0, 0.1) is 11.3 Å². The van der Waals surface area contributed by atoms with Gasteiger partial charge in [0.05, 0.1) is 20.8 Å². The van der Waals surface area contributed by atoms with Gasteiger partial charge in [0.2, 0.25) is 0 Å². The van der Waals surface area contributed by atoms with E-state index < -0.39 is 61.1 Å². The van der Waals surface area contributed by atoms with E-state index in [1.54, 1.807) is 6.92 Å². The first kappa shape index (κ1) is 54.4. The summed E-state index contributed by atoms with van der Waals surface area (Å²) in [7, 11) is 2.30. The molecule has 0 saturated heterocycles. The first-order chi connectivity index (χ1) is 31.6. The first-order valence-corrected chi connectivity index (χ1v) is 23.0. The lowest BCUT2D eigenvalue weighted by molar-refractivity contribution is -0.159. The van der Waals surface area contributed by atoms with Gasteiger partial charge in [0, 0.05) is 35.5 Å². The molecule has 0 heterocycles. The van der Waals surface area contributed by atoms with Crippen LogP contribution in [0.2, 0.25) is 0 Å². The molecule has 0 bridgehead atoms. The number of unbranched alkanes of at least 4 members (excludes halogenated alkanes) is 4. The van der Waals surface area contributed by atoms with Crippen LogP contribution in [0.3, 0.4) is 0 Å². The fraction of sp³-hybridized carbons (Fsp3) is 0.509. The van der Waals surface area contributed by atoms with Crippen LogP contribution in [-0.2, 0) is 70.0 Å². The molecule has 3 rings (SSSR count). The zero-order valence-electron chi connectivity index (χ0n) is 39.9. The van der Waals surface area contributed by atoms with E-state index in [2.05, 4.69) is 54.7 Å². The summed E-state index contributed by atoms with van der Waals surface area (Å²) in [5.74, 6) is -2.95. The molecule has 0 atom stereocenters. The topological polar surface area (TPSA) is 167 Å². The highest BCUT2D eigenvalue weighted by Gasteiger charge is 2.38. The number of carbonyl (C=O) groups excluding carboxylic acids is 6. The Labute approximate surface area is 390 Å². The molecular weight excluding hydrogens is 845 g/mol. The lowest BCUT2D eigenvalue weighted by Gasteiger charge is -2.32. The number of esters is 6. The van der Waals surface area contributed by atoms with Crippen molar-refractivity contribution in [1.82, 2.24) is 0 Å². The SMILES string of the molecule is C=C(C)C(=O)OCCCc1cc(-c2ccc(C3CCC(CCCCCCC)CC3)cc2CC)ccc1OCC(COC(=O)/C=C/C(=O)OC)(COC(=O)/C=C/C(=O)OC)COC(=O)C(=C)C. The van der Waals surface area contributed by atoms with Crippen molar-refractivity contribution in [3.8, 4) is 16.9 Å². The third-order valence-electron chi connectivity index (χ3n) is 11.6. The van der Waals surface area contributed by atoms with Gasteiger partial charge in [-0.15, -0.1) is 0 Å². The maximum atomic E-state index is 12.8. The van der Waals surface area contributed by atoms with Gasteiger partial charge in [-0.2, -0.15) is 0 Å². The van der Waals surface area contributed by atoms with Crippen LogP contribution in [-0.4, -0.2) is 83.1 Å². The average molecular weight is 915 g/mol. The largest absolute Gasteiger partial charge is 0.492 e. The molecule has 1 saturated carbocycles. The number of ether oxygens (including phenoxy) is 7. The van der Waals surface area contributed by atoms with Crippen LogP contribution in [0.1, 0.15) is 121 Å². The van der Waals surface area contributed by atoms with Gasteiger partial charge in [0.15, 0.2) is 0 Å². The summed E-state index contributed by atoms with van der Waals surface area (Å²) >= 11 is 0. The summed E-state index contributed by atoms with van der Waals surface area (Å²) in [5.41, 5.74) is 4.25. The quantitative estimate of drug-likeness (QED) is 0.0343. The van der Waals surface area contributed by atoms with E-state index in [9.17, 15) is 28.8 Å². The van der Waals surface area contributed by atoms with Gasteiger partial charge in [0.1, 0.15) is 37.6 Å². The van der Waals surface area contributed by atoms with Crippen LogP contribution in [0.25, 0.3) is 11.1 Å². The maximum Gasteiger partial charge on any atom is 0.333 e. The van der Waals surface area contributed by atoms with Crippen LogP contribution in [0.15, 0.2) is 85.0 Å². The number of hydrogen-bond acceptors (Lipinski definition) is 13. The van der Waals surface area contributed by atoms with E-state index in [0.29, 0.717) is 24.5 Å². The minimum atomic E-state index is -1.54. The van der Waals surface area contributed by atoms with Crippen LogP contribution in [0.5, 0.6) is 5.75 Å². The van der Waals surface area contributed by atoms with E-state index in [-0.39, 0.29) is 24.4 Å². The molecule has 1 aliphatic rings. The van der Waals surface area contributed by atoms with E-state index >= 15 is 0 Å². The van der Waals surface area contributed by atoms with Crippen LogP contribution < -0.4 is 4.74 Å². The highest BCUT2D eigenvalue weighted by molar-refractivity contribution is 5.92. The number of benzene rings is 2. The summed E-state index contributed by atoms with van der Waals surface area (Å²) in [4.78, 5) is 73.9. The number of hydrogen-bond donors (Lipinski definition) is 0. The number of aryl methyl sites for hydroxylation is 2. The smallest absolute Gasteiger partial charge is 0.333 e. The van der Waals surface area contributed by atoms with Gasteiger partial charge in [-0.1, -0.05) is 89.8 Å². The maximum absolute atomic E-state index is 12.8. The summed E-state index contributed by atoms with van der Waals surface area (Å²) in [6.45, 7) is 13.0. The monoisotopic (exact) mass is 914 g/mol. The van der Waals surface area contributed by atoms with Crippen LogP contribution in [0.4, 0.5) is 0 Å². The minimum absolute atomic E-state index is 0.0846. The molecule has 13 nitrogen and oxygen atoms in total. The Morgan fingerprint density at radius 3 is 1.79 bits per heavy atom. The molecule has 0 aliphatic heterocycles. The van der Waals surface area contributed by atoms with Gasteiger partial charge >= 0.3 is 35.8 Å². The molecule has 0 amide bonds. The Kier molecular flexibility index (Phi) is 23.7. The summed E-state index contributed by atoms with van der Waals surface area (Å²) < 4.78 is 37.6. The minimum Gasteiger partial charge on any atom is -0.492 e. The van der Waals surface area contributed by atoms with Crippen molar-refractivity contribution in [3.05, 3.63) is 102 Å². The second kappa shape index (κ2) is 28.8. The molecule has 66 heavy (non-hydrogen) atoms. The van der Waals surface area contributed by atoms with Crippen molar-refractivity contribution in [2.45, 2.75) is 117 Å². The van der Waals surface area contributed by atoms with E-state index in [1.165, 1.54) is 82.3 Å². The number of methoxy groups -OCH3 is 2. The van der Waals surface area contributed by atoms with E-state index in [4.69, 9.17) is 23.7 Å². The number of carbonyl (C=O) groups is 6. The van der Waals surface area contributed by atoms with Gasteiger partial charge in [-0.3, -0.25) is 0 Å². The normalized spacial score (nSPS) is 14.9. The molecule has 360 valence electrons. The van der Waals surface area contributed by atoms with Crippen molar-refractivity contribution in [2.75, 3.05) is 47.3 Å². The average Bonchev–Trinajstić information content (AvgIpc) is 3.32. The Bertz CT molecular complexity index is 1990. The molecule has 1 fully saturated rings. The predicted octanol–water partition coefficient (Wildman–Crippen LogP) is 9.63. The van der Waals surface area contributed by atoms with Crippen molar-refractivity contribution < 1.29 is 61.9 Å². The van der Waals surface area contributed by atoms with Crippen molar-refractivity contribution in [3.63, 3.8) is 0 Å². The lowest BCUT2D eigenvalue weighted by Crippen LogP contribution is -2.44. The third-order valence-corrected chi connectivity index (χ3v) is 11.6. The molecule has 0 N–H and O–H groups in total. The van der Waals surface area contributed by atoms with Crippen molar-refractivity contribution in [2.24, 2.45) is 11.3 Å². The third kappa shape index (κ3) is 18.9. The molecule has 0 unspecified atom stereocenters. The van der Waals surface area contributed by atoms with Gasteiger partial charge < -0.3 is 33.2 Å². The first-order valence-electron chi connectivity index (χ1n) is 23.0. The van der Waals surface area contributed by atoms with Crippen molar-refractivity contribution >= 4 is 35.8 Å². The number of rotatable bonds is 28. The van der Waals surface area contributed by atoms with Crippen molar-refractivity contribution in [1.29, 1.82) is 0 Å². The molecule has 1 aliphatic carbocycles. The molecule has 0 radical (unpaired) electrons. The summed E-state index contributed by atoms with van der Waals surface area (Å²) in [5, 5.41) is 0.